The molecule has 1 aromatic carbocycles. The second kappa shape index (κ2) is 5.22. The van der Waals surface area contributed by atoms with Crippen LogP contribution in [0.3, 0.4) is 0 Å². The Morgan fingerprint density at radius 3 is 2.50 bits per heavy atom. The highest BCUT2D eigenvalue weighted by Crippen LogP contribution is 2.30. The Balaban J connectivity index is 1.86. The van der Waals surface area contributed by atoms with Gasteiger partial charge in [-0.1, -0.05) is 0 Å². The first-order valence-electron chi connectivity index (χ1n) is 6.07. The van der Waals surface area contributed by atoms with Gasteiger partial charge in [0.1, 0.15) is 17.9 Å². The van der Waals surface area contributed by atoms with E-state index >= 15 is 0 Å². The van der Waals surface area contributed by atoms with Crippen molar-refractivity contribution in [2.75, 3.05) is 13.2 Å². The van der Waals surface area contributed by atoms with Gasteiger partial charge < -0.3 is 15.2 Å². The molecule has 4 nitrogen and oxygen atoms in total. The Bertz CT molecular complexity index is 499. The van der Waals surface area contributed by atoms with Crippen LogP contribution in [0.5, 0.6) is 5.75 Å². The third-order valence-electron chi connectivity index (χ3n) is 3.00. The number of nitrogens with zero attached hydrogens (tertiary/aromatic N) is 1. The SMILES string of the molecule is CC1(CCOc2ccc(C(F)(F)F)cc2)COC(N)=N1. The molecule has 20 heavy (non-hydrogen) atoms. The molecule has 0 bridgehead atoms. The highest BCUT2D eigenvalue weighted by atomic mass is 19.4. The van der Waals surface area contributed by atoms with E-state index in [9.17, 15) is 13.2 Å². The normalized spacial score (nSPS) is 22.3. The molecule has 0 radical (unpaired) electrons. The third-order valence-corrected chi connectivity index (χ3v) is 3.00. The Hall–Kier alpha value is -1.92. The monoisotopic (exact) mass is 288 g/mol. The number of hydrogen-bond acceptors (Lipinski definition) is 4. The number of halogens is 3. The van der Waals surface area contributed by atoms with Crippen molar-refractivity contribution >= 4 is 6.02 Å². The molecule has 2 rings (SSSR count). The van der Waals surface area contributed by atoms with Crippen LogP contribution in [0.2, 0.25) is 0 Å². The van der Waals surface area contributed by atoms with E-state index in [0.717, 1.165) is 12.1 Å². The molecule has 7 heteroatoms. The number of amidine groups is 1. The number of hydrogen-bond donors (Lipinski definition) is 1. The maximum atomic E-state index is 12.4. The van der Waals surface area contributed by atoms with Crippen molar-refractivity contribution in [2.45, 2.75) is 25.1 Å². The first kappa shape index (κ1) is 14.5. The minimum absolute atomic E-state index is 0.155. The molecule has 1 aliphatic rings. The minimum Gasteiger partial charge on any atom is -0.494 e. The summed E-state index contributed by atoms with van der Waals surface area (Å²) in [6.07, 6.45) is -3.77. The van der Waals surface area contributed by atoms with Crippen molar-refractivity contribution < 1.29 is 22.6 Å². The topological polar surface area (TPSA) is 56.8 Å². The van der Waals surface area contributed by atoms with Gasteiger partial charge in [0, 0.05) is 6.42 Å². The number of alkyl halides is 3. The summed E-state index contributed by atoms with van der Waals surface area (Å²) in [5, 5.41) is 0. The zero-order chi connectivity index (χ0) is 14.8. The van der Waals surface area contributed by atoms with Crippen LogP contribution in [-0.2, 0) is 10.9 Å². The molecule has 0 saturated carbocycles. The van der Waals surface area contributed by atoms with Crippen LogP contribution in [0.25, 0.3) is 0 Å². The predicted octanol–water partition coefficient (Wildman–Crippen LogP) is 2.58. The van der Waals surface area contributed by atoms with Crippen molar-refractivity contribution in [3.8, 4) is 5.75 Å². The van der Waals surface area contributed by atoms with E-state index in [1.807, 2.05) is 6.92 Å². The first-order valence-corrected chi connectivity index (χ1v) is 6.07. The Morgan fingerprint density at radius 2 is 2.00 bits per heavy atom. The molecule has 0 amide bonds. The first-order chi connectivity index (χ1) is 9.28. The van der Waals surface area contributed by atoms with E-state index in [-0.39, 0.29) is 6.02 Å². The Labute approximate surface area is 114 Å². The molecule has 0 spiro atoms. The van der Waals surface area contributed by atoms with Gasteiger partial charge in [-0.05, 0) is 31.2 Å². The van der Waals surface area contributed by atoms with Crippen molar-refractivity contribution in [3.05, 3.63) is 29.8 Å². The number of rotatable bonds is 4. The fourth-order valence-electron chi connectivity index (χ4n) is 1.82. The summed E-state index contributed by atoms with van der Waals surface area (Å²) < 4.78 is 47.6. The Kier molecular flexibility index (Phi) is 3.78. The molecule has 1 aliphatic heterocycles. The molecule has 0 aliphatic carbocycles. The summed E-state index contributed by atoms with van der Waals surface area (Å²) in [6.45, 7) is 2.58. The van der Waals surface area contributed by atoms with Gasteiger partial charge in [0.15, 0.2) is 0 Å². The molecule has 1 heterocycles. The number of nitrogens with two attached hydrogens (primary N) is 1. The molecule has 1 aromatic rings. The average molecular weight is 288 g/mol. The second-order valence-corrected chi connectivity index (χ2v) is 4.86. The molecular formula is C13H15F3N2O2. The average Bonchev–Trinajstić information content (AvgIpc) is 2.69. The minimum atomic E-state index is -4.33. The molecule has 0 aromatic heterocycles. The van der Waals surface area contributed by atoms with Gasteiger partial charge in [0.05, 0.1) is 12.2 Å². The van der Waals surface area contributed by atoms with Gasteiger partial charge in [0.2, 0.25) is 0 Å². The standard InChI is InChI=1S/C13H15F3N2O2/c1-12(8-20-11(17)18-12)6-7-19-10-4-2-9(3-5-10)13(14,15)16/h2-5H,6-8H2,1H3,(H2,17,18). The quantitative estimate of drug-likeness (QED) is 0.926. The van der Waals surface area contributed by atoms with Gasteiger partial charge in [-0.15, -0.1) is 0 Å². The fraction of sp³-hybridized carbons (Fsp3) is 0.462. The molecule has 2 N–H and O–H groups in total. The highest BCUT2D eigenvalue weighted by molar-refractivity contribution is 5.73. The lowest BCUT2D eigenvalue weighted by molar-refractivity contribution is -0.137. The van der Waals surface area contributed by atoms with Crippen LogP contribution in [0.1, 0.15) is 18.9 Å². The largest absolute Gasteiger partial charge is 0.494 e. The molecule has 0 saturated heterocycles. The van der Waals surface area contributed by atoms with Crippen molar-refractivity contribution in [1.29, 1.82) is 0 Å². The van der Waals surface area contributed by atoms with Gasteiger partial charge in [0.25, 0.3) is 6.02 Å². The van der Waals surface area contributed by atoms with Crippen LogP contribution < -0.4 is 10.5 Å². The van der Waals surface area contributed by atoms with Crippen LogP contribution in [-0.4, -0.2) is 24.8 Å². The zero-order valence-corrected chi connectivity index (χ0v) is 10.9. The van der Waals surface area contributed by atoms with E-state index in [0.29, 0.717) is 25.4 Å². The van der Waals surface area contributed by atoms with E-state index < -0.39 is 17.3 Å². The third kappa shape index (κ3) is 3.55. The lowest BCUT2D eigenvalue weighted by Gasteiger charge is -2.18. The van der Waals surface area contributed by atoms with Crippen molar-refractivity contribution in [2.24, 2.45) is 10.7 Å². The lowest BCUT2D eigenvalue weighted by atomic mass is 10.0. The summed E-state index contributed by atoms with van der Waals surface area (Å²) in [4.78, 5) is 4.14. The molecular weight excluding hydrogens is 273 g/mol. The molecule has 1 atom stereocenters. The molecule has 1 unspecified atom stereocenters. The molecule has 110 valence electrons. The number of aliphatic imine (C=N–C) groups is 1. The van der Waals surface area contributed by atoms with Crippen LogP contribution in [0.4, 0.5) is 13.2 Å². The van der Waals surface area contributed by atoms with E-state index in [4.69, 9.17) is 15.2 Å². The highest BCUT2D eigenvalue weighted by Gasteiger charge is 2.31. The van der Waals surface area contributed by atoms with Gasteiger partial charge in [-0.25, -0.2) is 4.99 Å². The Morgan fingerprint density at radius 1 is 1.35 bits per heavy atom. The van der Waals surface area contributed by atoms with Crippen molar-refractivity contribution in [1.82, 2.24) is 0 Å². The van der Waals surface area contributed by atoms with E-state index in [1.54, 1.807) is 0 Å². The van der Waals surface area contributed by atoms with Gasteiger partial charge in [-0.2, -0.15) is 13.2 Å². The predicted molar refractivity (Wildman–Crippen MR) is 67.5 cm³/mol. The maximum Gasteiger partial charge on any atom is 0.416 e. The second-order valence-electron chi connectivity index (χ2n) is 4.86. The van der Waals surface area contributed by atoms with Crippen LogP contribution >= 0.6 is 0 Å². The number of benzene rings is 1. The van der Waals surface area contributed by atoms with E-state index in [1.165, 1.54) is 12.1 Å². The summed E-state index contributed by atoms with van der Waals surface area (Å²) in [7, 11) is 0. The van der Waals surface area contributed by atoms with Crippen LogP contribution in [0.15, 0.2) is 29.3 Å². The van der Waals surface area contributed by atoms with Crippen LogP contribution in [0, 0.1) is 0 Å². The fourth-order valence-corrected chi connectivity index (χ4v) is 1.82. The smallest absolute Gasteiger partial charge is 0.416 e. The lowest BCUT2D eigenvalue weighted by Crippen LogP contribution is -2.26. The van der Waals surface area contributed by atoms with Gasteiger partial charge in [-0.3, -0.25) is 0 Å². The van der Waals surface area contributed by atoms with Crippen molar-refractivity contribution in [3.63, 3.8) is 0 Å². The molecule has 0 fully saturated rings. The summed E-state index contributed by atoms with van der Waals surface area (Å²) in [6, 6.07) is 4.74. The summed E-state index contributed by atoms with van der Waals surface area (Å²) in [5.41, 5.74) is 4.30. The van der Waals surface area contributed by atoms with E-state index in [2.05, 4.69) is 4.99 Å². The maximum absolute atomic E-state index is 12.4. The number of ether oxygens (including phenoxy) is 2. The summed E-state index contributed by atoms with van der Waals surface area (Å²) >= 11 is 0. The summed E-state index contributed by atoms with van der Waals surface area (Å²) in [5.74, 6) is 0.387. The van der Waals surface area contributed by atoms with Gasteiger partial charge >= 0.3 is 6.18 Å². The zero-order valence-electron chi connectivity index (χ0n) is 10.9.